The van der Waals surface area contributed by atoms with E-state index in [1.807, 2.05) is 12.1 Å². The summed E-state index contributed by atoms with van der Waals surface area (Å²) in [5, 5.41) is 6.24. The second-order valence-corrected chi connectivity index (χ2v) is 5.13. The zero-order valence-electron chi connectivity index (χ0n) is 11.6. The summed E-state index contributed by atoms with van der Waals surface area (Å²) in [6, 6.07) is 9.92. The number of fused-ring (bicyclic) bond motifs is 3. The number of pyridine rings is 1. The molecule has 1 aliphatic rings. The number of halogens is 1. The first-order valence-electron chi connectivity index (χ1n) is 7.04. The number of hydrogen-bond donors (Lipinski definition) is 2. The number of rotatable bonds is 1. The Hall–Kier alpha value is -2.89. The summed E-state index contributed by atoms with van der Waals surface area (Å²) in [6.07, 6.45) is 2.26. The van der Waals surface area contributed by atoms with E-state index in [1.165, 1.54) is 10.7 Å². The Labute approximate surface area is 125 Å². The largest absolute Gasteiger partial charge is 0.369 e. The van der Waals surface area contributed by atoms with Crippen LogP contribution in [0.25, 0.3) is 16.9 Å². The molecular formula is C16H13FN4O. The Kier molecular flexibility index (Phi) is 2.82. The van der Waals surface area contributed by atoms with Gasteiger partial charge in [-0.05, 0) is 30.7 Å². The third-order valence-corrected chi connectivity index (χ3v) is 3.82. The summed E-state index contributed by atoms with van der Waals surface area (Å²) in [5.74, 6) is 0.286. The minimum absolute atomic E-state index is 0.221. The number of nitrogens with zero attached hydrogens (tertiary/aromatic N) is 2. The van der Waals surface area contributed by atoms with E-state index in [1.54, 1.807) is 24.4 Å². The predicted octanol–water partition coefficient (Wildman–Crippen LogP) is 2.33. The molecule has 3 aromatic rings. The Morgan fingerprint density at radius 3 is 2.91 bits per heavy atom. The maximum Gasteiger partial charge on any atom is 0.275 e. The topological polar surface area (TPSA) is 62.7 Å². The van der Waals surface area contributed by atoms with Crippen LogP contribution in [0.4, 0.5) is 10.2 Å². The SMILES string of the molecule is O=c1c2c([nH]n1-c1ccccc1F)-c1cccnc1NCC2. The Bertz CT molecular complexity index is 913. The van der Waals surface area contributed by atoms with Gasteiger partial charge in [-0.25, -0.2) is 14.1 Å². The van der Waals surface area contributed by atoms with Crippen molar-refractivity contribution in [1.29, 1.82) is 0 Å². The van der Waals surface area contributed by atoms with Crippen LogP contribution in [0.5, 0.6) is 0 Å². The molecule has 2 N–H and O–H groups in total. The van der Waals surface area contributed by atoms with E-state index in [2.05, 4.69) is 15.4 Å². The van der Waals surface area contributed by atoms with Gasteiger partial charge in [0.05, 0.1) is 5.69 Å². The summed E-state index contributed by atoms with van der Waals surface area (Å²) in [7, 11) is 0. The van der Waals surface area contributed by atoms with Crippen LogP contribution in [0.1, 0.15) is 5.56 Å². The second-order valence-electron chi connectivity index (χ2n) is 5.13. The van der Waals surface area contributed by atoms with E-state index in [9.17, 15) is 9.18 Å². The molecule has 0 saturated carbocycles. The molecule has 4 rings (SSSR count). The van der Waals surface area contributed by atoms with Crippen molar-refractivity contribution in [3.8, 4) is 16.9 Å². The monoisotopic (exact) mass is 296 g/mol. The number of H-pyrrole nitrogens is 1. The van der Waals surface area contributed by atoms with Crippen molar-refractivity contribution < 1.29 is 4.39 Å². The number of para-hydroxylation sites is 1. The molecule has 0 saturated heterocycles. The standard InChI is InChI=1S/C16H13FN4O/c17-12-5-1-2-6-13(12)21-16(22)11-7-9-19-15-10(14(11)20-21)4-3-8-18-15/h1-6,8,20H,7,9H2,(H,18,19). The van der Waals surface area contributed by atoms with Gasteiger partial charge >= 0.3 is 0 Å². The highest BCUT2D eigenvalue weighted by atomic mass is 19.1. The van der Waals surface area contributed by atoms with Crippen LogP contribution in [0, 0.1) is 5.82 Å². The molecule has 0 fully saturated rings. The van der Waals surface area contributed by atoms with Crippen molar-refractivity contribution in [2.24, 2.45) is 0 Å². The van der Waals surface area contributed by atoms with Crippen molar-refractivity contribution in [2.45, 2.75) is 6.42 Å². The molecule has 5 nitrogen and oxygen atoms in total. The first kappa shape index (κ1) is 12.8. The molecule has 3 heterocycles. The van der Waals surface area contributed by atoms with Crippen molar-refractivity contribution in [3.63, 3.8) is 0 Å². The van der Waals surface area contributed by atoms with Crippen LogP contribution in [0.2, 0.25) is 0 Å². The van der Waals surface area contributed by atoms with Crippen molar-refractivity contribution >= 4 is 5.82 Å². The van der Waals surface area contributed by atoms with Crippen LogP contribution in [-0.4, -0.2) is 21.3 Å². The third-order valence-electron chi connectivity index (χ3n) is 3.82. The van der Waals surface area contributed by atoms with Crippen LogP contribution in [0.15, 0.2) is 47.4 Å². The molecule has 6 heteroatoms. The minimum atomic E-state index is -0.439. The van der Waals surface area contributed by atoms with Gasteiger partial charge in [0.2, 0.25) is 0 Å². The number of aromatic amines is 1. The highest BCUT2D eigenvalue weighted by Crippen LogP contribution is 2.29. The summed E-state index contributed by atoms with van der Waals surface area (Å²) < 4.78 is 15.3. The fourth-order valence-electron chi connectivity index (χ4n) is 2.78. The predicted molar refractivity (Wildman–Crippen MR) is 81.8 cm³/mol. The average Bonchev–Trinajstić information content (AvgIpc) is 2.75. The van der Waals surface area contributed by atoms with E-state index in [0.717, 1.165) is 11.4 Å². The number of anilines is 1. The van der Waals surface area contributed by atoms with Gasteiger partial charge in [0.15, 0.2) is 0 Å². The molecule has 110 valence electrons. The first-order chi connectivity index (χ1) is 10.8. The number of hydrogen-bond acceptors (Lipinski definition) is 3. The van der Waals surface area contributed by atoms with Crippen LogP contribution in [-0.2, 0) is 6.42 Å². The molecule has 0 bridgehead atoms. The van der Waals surface area contributed by atoms with Crippen molar-refractivity contribution in [2.75, 3.05) is 11.9 Å². The van der Waals surface area contributed by atoms with Gasteiger partial charge in [-0.2, -0.15) is 0 Å². The summed E-state index contributed by atoms with van der Waals surface area (Å²) in [6.45, 7) is 0.612. The molecule has 0 unspecified atom stereocenters. The first-order valence-corrected chi connectivity index (χ1v) is 7.04. The highest BCUT2D eigenvalue weighted by Gasteiger charge is 2.22. The summed E-state index contributed by atoms with van der Waals surface area (Å²) in [4.78, 5) is 16.9. The van der Waals surface area contributed by atoms with Gasteiger partial charge < -0.3 is 5.32 Å². The second kappa shape index (κ2) is 4.84. The summed E-state index contributed by atoms with van der Waals surface area (Å²) >= 11 is 0. The average molecular weight is 296 g/mol. The lowest BCUT2D eigenvalue weighted by Gasteiger charge is -2.06. The molecule has 0 aliphatic carbocycles. The van der Waals surface area contributed by atoms with Crippen molar-refractivity contribution in [1.82, 2.24) is 14.8 Å². The summed E-state index contributed by atoms with van der Waals surface area (Å²) in [5.41, 5.74) is 2.16. The quantitative estimate of drug-likeness (QED) is 0.724. The normalized spacial score (nSPS) is 13.0. The van der Waals surface area contributed by atoms with E-state index in [-0.39, 0.29) is 11.2 Å². The van der Waals surface area contributed by atoms with Gasteiger partial charge in [-0.1, -0.05) is 12.1 Å². The van der Waals surface area contributed by atoms with Gasteiger partial charge in [-0.15, -0.1) is 0 Å². The molecule has 0 amide bonds. The molecule has 0 spiro atoms. The number of nitrogens with one attached hydrogen (secondary N) is 2. The number of benzene rings is 1. The zero-order chi connectivity index (χ0) is 15.1. The van der Waals surface area contributed by atoms with E-state index in [4.69, 9.17) is 0 Å². The maximum absolute atomic E-state index is 14.0. The minimum Gasteiger partial charge on any atom is -0.369 e. The molecule has 2 aromatic heterocycles. The lowest BCUT2D eigenvalue weighted by atomic mass is 10.1. The van der Waals surface area contributed by atoms with Crippen LogP contribution in [0.3, 0.4) is 0 Å². The zero-order valence-corrected chi connectivity index (χ0v) is 11.6. The molecular weight excluding hydrogens is 283 g/mol. The lowest BCUT2D eigenvalue weighted by Crippen LogP contribution is -2.19. The Morgan fingerprint density at radius 1 is 1.18 bits per heavy atom. The third kappa shape index (κ3) is 1.84. The fourth-order valence-corrected chi connectivity index (χ4v) is 2.78. The van der Waals surface area contributed by atoms with Gasteiger partial charge in [0.1, 0.15) is 17.3 Å². The van der Waals surface area contributed by atoms with Crippen molar-refractivity contribution in [3.05, 3.63) is 64.3 Å². The van der Waals surface area contributed by atoms with E-state index >= 15 is 0 Å². The van der Waals surface area contributed by atoms with E-state index < -0.39 is 5.82 Å². The smallest absolute Gasteiger partial charge is 0.275 e. The fraction of sp³-hybridized carbons (Fsp3) is 0.125. The molecule has 0 atom stereocenters. The molecule has 1 aromatic carbocycles. The molecule has 1 aliphatic heterocycles. The molecule has 22 heavy (non-hydrogen) atoms. The molecule has 0 radical (unpaired) electrons. The van der Waals surface area contributed by atoms with Gasteiger partial charge in [-0.3, -0.25) is 9.89 Å². The Morgan fingerprint density at radius 2 is 2.05 bits per heavy atom. The number of aromatic nitrogens is 3. The van der Waals surface area contributed by atoms with Gasteiger partial charge in [0, 0.05) is 23.9 Å². The van der Waals surface area contributed by atoms with E-state index in [0.29, 0.717) is 24.2 Å². The van der Waals surface area contributed by atoms with Crippen LogP contribution >= 0.6 is 0 Å². The highest BCUT2D eigenvalue weighted by molar-refractivity contribution is 5.75. The lowest BCUT2D eigenvalue weighted by molar-refractivity contribution is 0.608. The maximum atomic E-state index is 14.0. The Balaban J connectivity index is 1.99. The van der Waals surface area contributed by atoms with Gasteiger partial charge in [0.25, 0.3) is 5.56 Å². The van der Waals surface area contributed by atoms with Crippen LogP contribution < -0.4 is 10.9 Å².